The Hall–Kier alpha value is -4.33. The van der Waals surface area contributed by atoms with Gasteiger partial charge in [0.2, 0.25) is 0 Å². The van der Waals surface area contributed by atoms with Crippen LogP contribution in [0.2, 0.25) is 5.02 Å². The Kier molecular flexibility index (Phi) is 6.46. The van der Waals surface area contributed by atoms with Crippen molar-refractivity contribution in [2.24, 2.45) is 5.73 Å². The first-order valence-corrected chi connectivity index (χ1v) is 13.2. The highest BCUT2D eigenvalue weighted by Gasteiger charge is 2.41. The van der Waals surface area contributed by atoms with E-state index in [0.29, 0.717) is 29.5 Å². The van der Waals surface area contributed by atoms with Crippen molar-refractivity contribution < 1.29 is 14.4 Å². The molecule has 1 aromatic heterocycles. The van der Waals surface area contributed by atoms with Crippen LogP contribution in [0.4, 0.5) is 11.4 Å². The minimum absolute atomic E-state index is 0.295. The van der Waals surface area contributed by atoms with Crippen LogP contribution in [0, 0.1) is 0 Å². The molecule has 0 aliphatic carbocycles. The van der Waals surface area contributed by atoms with Crippen molar-refractivity contribution in [1.82, 2.24) is 4.57 Å². The third-order valence-corrected chi connectivity index (χ3v) is 7.33. The Bertz CT molecular complexity index is 1730. The second-order valence-corrected chi connectivity index (χ2v) is 10.00. The number of hydrogen-bond donors (Lipinski definition) is 2. The number of nitrogens with one attached hydrogen (secondary N) is 1. The van der Waals surface area contributed by atoms with Crippen LogP contribution in [-0.2, 0) is 21.0 Å². The summed E-state index contributed by atoms with van der Waals surface area (Å²) < 4.78 is 2.19. The predicted molar refractivity (Wildman–Crippen MR) is 156 cm³/mol. The molecule has 0 radical (unpaired) electrons. The van der Waals surface area contributed by atoms with Crippen LogP contribution in [0.15, 0.2) is 84.9 Å². The summed E-state index contributed by atoms with van der Waals surface area (Å²) in [6.07, 6.45) is 0.747. The smallest absolute Gasteiger partial charge is 0.329 e. The summed E-state index contributed by atoms with van der Waals surface area (Å²) in [5.74, 6) is -0.815. The molecule has 1 atom stereocenters. The zero-order valence-electron chi connectivity index (χ0n) is 21.4. The first-order chi connectivity index (χ1) is 19.0. The van der Waals surface area contributed by atoms with Gasteiger partial charge in [-0.3, -0.25) is 9.59 Å². The van der Waals surface area contributed by atoms with Crippen molar-refractivity contribution >= 4 is 56.5 Å². The highest BCUT2D eigenvalue weighted by Crippen LogP contribution is 2.48. The number of para-hydroxylation sites is 1. The summed E-state index contributed by atoms with van der Waals surface area (Å²) in [5.41, 5.74) is 10.6. The summed E-state index contributed by atoms with van der Waals surface area (Å²) in [4.78, 5) is 32.4. The number of nitrogens with zero attached hydrogens (tertiary/aromatic N) is 2. The van der Waals surface area contributed by atoms with E-state index in [-0.39, 0.29) is 5.91 Å². The fraction of sp³-hybridized carbons (Fsp3) is 0.161. The average Bonchev–Trinajstić information content (AvgIpc) is 3.25. The minimum atomic E-state index is -0.957. The number of aromatic nitrogens is 1. The molecule has 5 aromatic rings. The van der Waals surface area contributed by atoms with Gasteiger partial charge in [-0.15, -0.1) is 0 Å². The zero-order valence-corrected chi connectivity index (χ0v) is 22.1. The highest BCUT2D eigenvalue weighted by molar-refractivity contribution is 6.30. The lowest BCUT2D eigenvalue weighted by molar-refractivity contribution is -0.144. The van der Waals surface area contributed by atoms with E-state index < -0.39 is 12.0 Å². The van der Waals surface area contributed by atoms with Crippen molar-refractivity contribution in [3.05, 3.63) is 95.5 Å². The van der Waals surface area contributed by atoms with Gasteiger partial charge >= 0.3 is 5.97 Å². The Balaban J connectivity index is 1.68. The molecule has 1 unspecified atom stereocenters. The van der Waals surface area contributed by atoms with E-state index in [9.17, 15) is 9.59 Å². The monoisotopic (exact) mass is 538 g/mol. The van der Waals surface area contributed by atoms with Crippen molar-refractivity contribution in [1.29, 1.82) is 0 Å². The fourth-order valence-electron chi connectivity index (χ4n) is 5.52. The van der Waals surface area contributed by atoms with E-state index in [1.165, 1.54) is 12.0 Å². The molecule has 3 N–H and O–H groups in total. The summed E-state index contributed by atoms with van der Waals surface area (Å²) >= 11 is 6.25. The van der Waals surface area contributed by atoms with E-state index in [1.807, 2.05) is 84.9 Å². The molecule has 4 aromatic carbocycles. The third kappa shape index (κ3) is 4.30. The first kappa shape index (κ1) is 25.0. The Labute approximate surface area is 230 Å². The molecule has 7 nitrogen and oxygen atoms in total. The maximum atomic E-state index is 14.0. The number of aryl methyl sites for hydroxylation is 1. The topological polar surface area (TPSA) is 89.6 Å². The molecule has 0 saturated carbocycles. The van der Waals surface area contributed by atoms with Crippen molar-refractivity contribution in [3.63, 3.8) is 0 Å². The minimum Gasteiger partial charge on any atom is -0.340 e. The number of hydrogen-bond acceptors (Lipinski definition) is 5. The zero-order chi connectivity index (χ0) is 27.1. The Morgan fingerprint density at radius 2 is 1.69 bits per heavy atom. The molecule has 0 bridgehead atoms. The number of carbonyl (C=O) groups excluding carboxylic acids is 2. The predicted octanol–water partition coefficient (Wildman–Crippen LogP) is 6.44. The SMILES string of the molecule is CC(=O)ON1c2c(ccc3ccccc23)NC(=O)C1c1c(-c2ccc(Cl)cc2)n(CCCN)c2ccccc12. The number of hydroxylamine groups is 1. The molecule has 39 heavy (non-hydrogen) atoms. The molecular formula is C31H27ClN4O3. The molecule has 0 fully saturated rings. The van der Waals surface area contributed by atoms with E-state index in [1.54, 1.807) is 0 Å². The summed E-state index contributed by atoms with van der Waals surface area (Å²) in [6.45, 7) is 2.51. The molecule has 1 aliphatic heterocycles. The maximum Gasteiger partial charge on any atom is 0.329 e. The van der Waals surface area contributed by atoms with Gasteiger partial charge in [-0.2, -0.15) is 5.06 Å². The van der Waals surface area contributed by atoms with Crippen LogP contribution in [0.1, 0.15) is 24.9 Å². The molecule has 8 heteroatoms. The van der Waals surface area contributed by atoms with Gasteiger partial charge in [0.1, 0.15) is 5.69 Å². The number of rotatable bonds is 6. The van der Waals surface area contributed by atoms with Gasteiger partial charge in [0.05, 0.1) is 11.4 Å². The largest absolute Gasteiger partial charge is 0.340 e. The number of anilines is 2. The molecule has 6 rings (SSSR count). The molecular weight excluding hydrogens is 512 g/mol. The van der Waals surface area contributed by atoms with Gasteiger partial charge in [0.25, 0.3) is 5.91 Å². The molecule has 0 saturated heterocycles. The highest BCUT2D eigenvalue weighted by atomic mass is 35.5. The van der Waals surface area contributed by atoms with Crippen LogP contribution in [0.25, 0.3) is 32.9 Å². The molecule has 2 heterocycles. The van der Waals surface area contributed by atoms with E-state index in [2.05, 4.69) is 9.88 Å². The van der Waals surface area contributed by atoms with E-state index in [4.69, 9.17) is 22.2 Å². The second kappa shape index (κ2) is 10.1. The third-order valence-electron chi connectivity index (χ3n) is 7.08. The first-order valence-electron chi connectivity index (χ1n) is 12.9. The van der Waals surface area contributed by atoms with Crippen LogP contribution in [0.3, 0.4) is 0 Å². The lowest BCUT2D eigenvalue weighted by Crippen LogP contribution is -2.43. The Morgan fingerprint density at radius 3 is 2.44 bits per heavy atom. The van der Waals surface area contributed by atoms with Crippen LogP contribution >= 0.6 is 11.6 Å². The number of amides is 1. The summed E-state index contributed by atoms with van der Waals surface area (Å²) in [5, 5.41) is 7.90. The quantitative estimate of drug-likeness (QED) is 0.259. The second-order valence-electron chi connectivity index (χ2n) is 9.56. The van der Waals surface area contributed by atoms with E-state index in [0.717, 1.165) is 44.9 Å². The van der Waals surface area contributed by atoms with Crippen LogP contribution in [0.5, 0.6) is 0 Å². The number of nitrogens with two attached hydrogens (primary N) is 1. The number of halogens is 1. The maximum absolute atomic E-state index is 14.0. The molecule has 0 spiro atoms. The van der Waals surface area contributed by atoms with E-state index >= 15 is 0 Å². The van der Waals surface area contributed by atoms with Gasteiger partial charge in [-0.25, -0.2) is 0 Å². The van der Waals surface area contributed by atoms with Crippen LogP contribution < -0.4 is 16.1 Å². The number of benzene rings is 4. The summed E-state index contributed by atoms with van der Waals surface area (Å²) in [6, 6.07) is 26.2. The molecule has 1 aliphatic rings. The van der Waals surface area contributed by atoms with Crippen molar-refractivity contribution in [3.8, 4) is 11.3 Å². The van der Waals surface area contributed by atoms with Crippen molar-refractivity contribution in [2.45, 2.75) is 25.9 Å². The molecule has 196 valence electrons. The average molecular weight is 539 g/mol. The van der Waals surface area contributed by atoms with Crippen LogP contribution in [-0.4, -0.2) is 23.0 Å². The lowest BCUT2D eigenvalue weighted by atomic mass is 9.94. The number of carbonyl (C=O) groups is 2. The fourth-order valence-corrected chi connectivity index (χ4v) is 5.65. The number of fused-ring (bicyclic) bond motifs is 4. The van der Waals surface area contributed by atoms with Gasteiger partial charge in [-0.05, 0) is 48.2 Å². The Morgan fingerprint density at radius 1 is 0.974 bits per heavy atom. The van der Waals surface area contributed by atoms with Crippen molar-refractivity contribution in [2.75, 3.05) is 16.9 Å². The van der Waals surface area contributed by atoms with Gasteiger partial charge < -0.3 is 20.5 Å². The summed E-state index contributed by atoms with van der Waals surface area (Å²) in [7, 11) is 0. The van der Waals surface area contributed by atoms with Gasteiger partial charge in [-0.1, -0.05) is 72.3 Å². The molecule has 1 amide bonds. The normalized spacial score (nSPS) is 14.9. The standard InChI is InChI=1S/C31H27ClN4O3/c1-19(37)39-36-29-23-8-3-2-7-20(23)13-16-25(29)34-31(38)30(36)27-24-9-4-5-10-26(24)35(18-6-17-33)28(27)21-11-14-22(32)15-12-21/h2-5,7-16,30H,6,17-18,33H2,1H3,(H,34,38). The van der Waals surface area contributed by atoms with Gasteiger partial charge in [0.15, 0.2) is 6.04 Å². The lowest BCUT2D eigenvalue weighted by Gasteiger charge is -2.37. The van der Waals surface area contributed by atoms with Gasteiger partial charge in [0, 0.05) is 40.3 Å².